The second-order valence-corrected chi connectivity index (χ2v) is 7.11. The van der Waals surface area contributed by atoms with Crippen LogP contribution in [0.4, 0.5) is 0 Å². The van der Waals surface area contributed by atoms with E-state index in [1.54, 1.807) is 10.7 Å². The second-order valence-electron chi connectivity index (χ2n) is 7.11. The maximum Gasteiger partial charge on any atom is 0.275 e. The highest BCUT2D eigenvalue weighted by Gasteiger charge is 2.17. The van der Waals surface area contributed by atoms with E-state index in [9.17, 15) is 4.79 Å². The molecule has 6 heteroatoms. The van der Waals surface area contributed by atoms with Gasteiger partial charge in [0.15, 0.2) is 0 Å². The molecule has 1 fully saturated rings. The third kappa shape index (κ3) is 4.03. The van der Waals surface area contributed by atoms with Gasteiger partial charge in [-0.15, -0.1) is 0 Å². The molecule has 0 amide bonds. The fraction of sp³-hybridized carbons (Fsp3) is 0.318. The summed E-state index contributed by atoms with van der Waals surface area (Å²) in [6.45, 7) is 5.67. The number of hydrogen-bond acceptors (Lipinski definition) is 4. The Morgan fingerprint density at radius 1 is 0.821 bits per heavy atom. The van der Waals surface area contributed by atoms with Gasteiger partial charge in [-0.3, -0.25) is 9.69 Å². The maximum absolute atomic E-state index is 12.8. The van der Waals surface area contributed by atoms with E-state index in [1.807, 2.05) is 65.3 Å². The average molecular weight is 378 g/mol. The molecule has 28 heavy (non-hydrogen) atoms. The Morgan fingerprint density at radius 3 is 2.00 bits per heavy atom. The Kier molecular flexibility index (Phi) is 5.60. The first-order valence-electron chi connectivity index (χ1n) is 9.72. The number of piperazine rings is 1. The van der Waals surface area contributed by atoms with Gasteiger partial charge in [0.2, 0.25) is 5.88 Å². The summed E-state index contributed by atoms with van der Waals surface area (Å²) in [5.41, 5.74) is 1.60. The van der Waals surface area contributed by atoms with Gasteiger partial charge in [-0.05, 0) is 31.3 Å². The van der Waals surface area contributed by atoms with Crippen molar-refractivity contribution in [3.63, 3.8) is 0 Å². The van der Waals surface area contributed by atoms with Crippen LogP contribution < -0.4 is 10.3 Å². The smallest absolute Gasteiger partial charge is 0.275 e. The number of hydrogen-bond donors (Lipinski definition) is 0. The molecule has 146 valence electrons. The minimum atomic E-state index is -0.107. The molecule has 4 rings (SSSR count). The topological polar surface area (TPSA) is 42.6 Å². The van der Waals surface area contributed by atoms with E-state index in [1.165, 1.54) is 0 Å². The molecular formula is C22H26N4O2. The molecule has 2 heterocycles. The molecule has 0 saturated carbocycles. The van der Waals surface area contributed by atoms with Crippen LogP contribution in [0, 0.1) is 0 Å². The first kappa shape index (κ1) is 18.5. The lowest BCUT2D eigenvalue weighted by atomic mass is 10.3. The highest BCUT2D eigenvalue weighted by Crippen LogP contribution is 2.20. The van der Waals surface area contributed by atoms with Crippen molar-refractivity contribution in [2.45, 2.75) is 0 Å². The molecule has 2 aromatic carbocycles. The van der Waals surface area contributed by atoms with Gasteiger partial charge in [-0.1, -0.05) is 36.4 Å². The Hall–Kier alpha value is -2.83. The van der Waals surface area contributed by atoms with Crippen molar-refractivity contribution in [2.24, 2.45) is 0 Å². The molecule has 1 aliphatic rings. The van der Waals surface area contributed by atoms with Gasteiger partial charge in [0.25, 0.3) is 5.56 Å². The van der Waals surface area contributed by atoms with Crippen LogP contribution in [0.2, 0.25) is 0 Å². The summed E-state index contributed by atoms with van der Waals surface area (Å²) < 4.78 is 9.59. The van der Waals surface area contributed by atoms with Crippen molar-refractivity contribution >= 4 is 0 Å². The SMILES string of the molecule is CN1CCN(CCOc2cc(=O)n(-c3ccccc3)n2-c2ccccc2)CC1. The number of para-hydroxylation sites is 2. The van der Waals surface area contributed by atoms with Crippen molar-refractivity contribution in [3.8, 4) is 17.3 Å². The molecule has 0 spiro atoms. The predicted molar refractivity (Wildman–Crippen MR) is 111 cm³/mol. The predicted octanol–water partition coefficient (Wildman–Crippen LogP) is 2.25. The van der Waals surface area contributed by atoms with Crippen LogP contribution in [0.1, 0.15) is 0 Å². The summed E-state index contributed by atoms with van der Waals surface area (Å²) in [6, 6.07) is 21.1. The van der Waals surface area contributed by atoms with E-state index in [2.05, 4.69) is 16.8 Å². The monoisotopic (exact) mass is 378 g/mol. The first-order chi connectivity index (χ1) is 13.7. The normalized spacial score (nSPS) is 15.6. The lowest BCUT2D eigenvalue weighted by Gasteiger charge is -2.32. The van der Waals surface area contributed by atoms with E-state index in [0.717, 1.165) is 44.1 Å². The molecule has 6 nitrogen and oxygen atoms in total. The molecule has 0 bridgehead atoms. The molecule has 0 atom stereocenters. The Balaban J connectivity index is 1.59. The van der Waals surface area contributed by atoms with E-state index < -0.39 is 0 Å². The van der Waals surface area contributed by atoms with E-state index in [0.29, 0.717) is 12.5 Å². The quantitative estimate of drug-likeness (QED) is 0.660. The lowest BCUT2D eigenvalue weighted by molar-refractivity contribution is 0.131. The molecule has 3 aromatic rings. The molecule has 0 aliphatic carbocycles. The summed E-state index contributed by atoms with van der Waals surface area (Å²) >= 11 is 0. The number of nitrogens with zero attached hydrogens (tertiary/aromatic N) is 4. The van der Waals surface area contributed by atoms with Crippen molar-refractivity contribution in [1.82, 2.24) is 19.2 Å². The molecule has 0 N–H and O–H groups in total. The number of rotatable bonds is 6. The number of ether oxygens (including phenoxy) is 1. The zero-order chi connectivity index (χ0) is 19.3. The maximum atomic E-state index is 12.8. The van der Waals surface area contributed by atoms with Gasteiger partial charge in [-0.25, -0.2) is 9.36 Å². The second kappa shape index (κ2) is 8.46. The van der Waals surface area contributed by atoms with Crippen LogP contribution in [-0.4, -0.2) is 65.5 Å². The lowest BCUT2D eigenvalue weighted by Crippen LogP contribution is -2.45. The number of aromatic nitrogens is 2. The highest BCUT2D eigenvalue weighted by atomic mass is 16.5. The van der Waals surface area contributed by atoms with Crippen molar-refractivity contribution in [1.29, 1.82) is 0 Å². The molecule has 1 saturated heterocycles. The molecule has 1 aliphatic heterocycles. The van der Waals surface area contributed by atoms with Crippen LogP contribution in [0.25, 0.3) is 11.4 Å². The molecule has 0 unspecified atom stereocenters. The van der Waals surface area contributed by atoms with Gasteiger partial charge in [0.05, 0.1) is 17.4 Å². The number of likely N-dealkylation sites (N-methyl/N-ethyl adjacent to an activating group) is 1. The fourth-order valence-corrected chi connectivity index (χ4v) is 3.50. The molecule has 1 aromatic heterocycles. The van der Waals surface area contributed by atoms with Crippen LogP contribution in [-0.2, 0) is 0 Å². The van der Waals surface area contributed by atoms with Crippen LogP contribution in [0.15, 0.2) is 71.5 Å². The Morgan fingerprint density at radius 2 is 1.39 bits per heavy atom. The van der Waals surface area contributed by atoms with Gasteiger partial charge in [-0.2, -0.15) is 0 Å². The zero-order valence-electron chi connectivity index (χ0n) is 16.2. The van der Waals surface area contributed by atoms with Crippen LogP contribution >= 0.6 is 0 Å². The molecule has 0 radical (unpaired) electrons. The summed E-state index contributed by atoms with van der Waals surface area (Å²) in [7, 11) is 2.15. The van der Waals surface area contributed by atoms with E-state index in [-0.39, 0.29) is 5.56 Å². The first-order valence-corrected chi connectivity index (χ1v) is 9.72. The summed E-state index contributed by atoms with van der Waals surface area (Å²) in [5, 5.41) is 0. The summed E-state index contributed by atoms with van der Waals surface area (Å²) in [6.07, 6.45) is 0. The third-order valence-corrected chi connectivity index (χ3v) is 5.12. The van der Waals surface area contributed by atoms with Gasteiger partial charge < -0.3 is 9.64 Å². The summed E-state index contributed by atoms with van der Waals surface area (Å²) in [5.74, 6) is 0.564. The van der Waals surface area contributed by atoms with E-state index >= 15 is 0 Å². The van der Waals surface area contributed by atoms with Crippen molar-refractivity contribution < 1.29 is 4.74 Å². The summed E-state index contributed by atoms with van der Waals surface area (Å²) in [4.78, 5) is 17.5. The van der Waals surface area contributed by atoms with Gasteiger partial charge in [0, 0.05) is 32.7 Å². The van der Waals surface area contributed by atoms with Crippen LogP contribution in [0.5, 0.6) is 5.88 Å². The van der Waals surface area contributed by atoms with Crippen molar-refractivity contribution in [3.05, 3.63) is 77.1 Å². The highest BCUT2D eigenvalue weighted by molar-refractivity contribution is 5.40. The largest absolute Gasteiger partial charge is 0.476 e. The van der Waals surface area contributed by atoms with Crippen molar-refractivity contribution in [2.75, 3.05) is 46.4 Å². The Labute approximate surface area is 165 Å². The van der Waals surface area contributed by atoms with Gasteiger partial charge in [0.1, 0.15) is 6.61 Å². The molecular weight excluding hydrogens is 352 g/mol. The van der Waals surface area contributed by atoms with E-state index in [4.69, 9.17) is 4.74 Å². The fourth-order valence-electron chi connectivity index (χ4n) is 3.50. The standard InChI is InChI=1S/C22H26N4O2/c1-23-12-14-24(15-13-23)16-17-28-22-18-21(27)25(19-8-4-2-5-9-19)26(22)20-10-6-3-7-11-20/h2-11,18H,12-17H2,1H3. The van der Waals surface area contributed by atoms with Crippen LogP contribution in [0.3, 0.4) is 0 Å². The zero-order valence-corrected chi connectivity index (χ0v) is 16.2. The third-order valence-electron chi connectivity index (χ3n) is 5.12. The Bertz CT molecular complexity index is 942. The minimum absolute atomic E-state index is 0.107. The number of benzene rings is 2. The van der Waals surface area contributed by atoms with Gasteiger partial charge >= 0.3 is 0 Å². The minimum Gasteiger partial charge on any atom is -0.476 e. The average Bonchev–Trinajstić information content (AvgIpc) is 3.07.